The maximum Gasteiger partial charge on any atom is 0.208 e. The van der Waals surface area contributed by atoms with Gasteiger partial charge in [-0.05, 0) is 48.5 Å². The van der Waals surface area contributed by atoms with Gasteiger partial charge in [0, 0.05) is 34.4 Å². The number of aromatic nitrogens is 1. The minimum atomic E-state index is -0.319. The minimum absolute atomic E-state index is 0.0575. The second-order valence-electron chi connectivity index (χ2n) is 6.73. The molecule has 4 heteroatoms. The van der Waals surface area contributed by atoms with Crippen molar-refractivity contribution in [2.24, 2.45) is 0 Å². The largest absolute Gasteiger partial charge is 0.289 e. The Morgan fingerprint density at radius 2 is 1.07 bits per heavy atom. The summed E-state index contributed by atoms with van der Waals surface area (Å²) >= 11 is 0. The van der Waals surface area contributed by atoms with Gasteiger partial charge in [0.25, 0.3) is 0 Å². The van der Waals surface area contributed by atoms with E-state index in [2.05, 4.69) is 0 Å². The highest BCUT2D eigenvalue weighted by atomic mass is 19.1. The molecule has 0 spiro atoms. The van der Waals surface area contributed by atoms with Crippen LogP contribution in [-0.2, 0) is 0 Å². The molecule has 4 aromatic rings. The van der Waals surface area contributed by atoms with Crippen LogP contribution < -0.4 is 4.57 Å². The van der Waals surface area contributed by atoms with Crippen LogP contribution >= 0.6 is 0 Å². The Morgan fingerprint density at radius 3 is 1.55 bits per heavy atom. The van der Waals surface area contributed by atoms with E-state index in [1.807, 2.05) is 35.2 Å². The zero-order valence-corrected chi connectivity index (χ0v) is 15.5. The molecule has 0 N–H and O–H groups in total. The first-order valence-electron chi connectivity index (χ1n) is 9.23. The number of nitrogens with zero attached hydrogens (tertiary/aromatic N) is 1. The lowest BCUT2D eigenvalue weighted by Gasteiger charge is -2.14. The number of ketones is 1. The van der Waals surface area contributed by atoms with Crippen LogP contribution in [0.5, 0.6) is 0 Å². The lowest BCUT2D eigenvalue weighted by Crippen LogP contribution is -2.40. The highest BCUT2D eigenvalue weighted by Gasteiger charge is 2.24. The quantitative estimate of drug-likeness (QED) is 0.344. The number of benzene rings is 3. The van der Waals surface area contributed by atoms with Crippen molar-refractivity contribution in [3.05, 3.63) is 137 Å². The topological polar surface area (TPSA) is 20.9 Å². The number of carbonyl (C=O) groups is 1. The lowest BCUT2D eigenvalue weighted by molar-refractivity contribution is -0.704. The third kappa shape index (κ3) is 4.11. The summed E-state index contributed by atoms with van der Waals surface area (Å²) in [7, 11) is 0. The Hall–Kier alpha value is -3.66. The molecule has 142 valence electrons. The average Bonchev–Trinajstić information content (AvgIpc) is 2.77. The fourth-order valence-electron chi connectivity index (χ4n) is 3.34. The standard InChI is InChI=1S/C25H18F2NO/c26-22-10-6-18(7-11-22)24(19-8-12-23(27)13-9-19)28-16-14-21(15-17-28)25(29)20-4-2-1-3-5-20/h1-17,24H/q+1. The Kier molecular flexibility index (Phi) is 5.25. The van der Waals surface area contributed by atoms with Crippen LogP contribution in [0.15, 0.2) is 103 Å². The molecule has 0 amide bonds. The van der Waals surface area contributed by atoms with Gasteiger partial charge >= 0.3 is 0 Å². The molecular formula is C25H18F2NO+. The molecule has 0 fully saturated rings. The Bertz CT molecular complexity index is 1060. The van der Waals surface area contributed by atoms with E-state index in [-0.39, 0.29) is 23.5 Å². The molecule has 0 bridgehead atoms. The molecular weight excluding hydrogens is 368 g/mol. The fourth-order valence-corrected chi connectivity index (χ4v) is 3.34. The number of halogens is 2. The van der Waals surface area contributed by atoms with E-state index in [9.17, 15) is 13.6 Å². The number of rotatable bonds is 5. The monoisotopic (exact) mass is 386 g/mol. The van der Waals surface area contributed by atoms with E-state index in [1.165, 1.54) is 24.3 Å². The highest BCUT2D eigenvalue weighted by molar-refractivity contribution is 6.08. The molecule has 29 heavy (non-hydrogen) atoms. The molecule has 0 aliphatic heterocycles. The van der Waals surface area contributed by atoms with Crippen LogP contribution in [0.25, 0.3) is 0 Å². The van der Waals surface area contributed by atoms with E-state index in [1.54, 1.807) is 48.5 Å². The number of hydrogen-bond donors (Lipinski definition) is 0. The number of pyridine rings is 1. The Morgan fingerprint density at radius 1 is 0.621 bits per heavy atom. The molecule has 0 aliphatic rings. The highest BCUT2D eigenvalue weighted by Crippen LogP contribution is 2.22. The second-order valence-corrected chi connectivity index (χ2v) is 6.73. The molecule has 0 saturated carbocycles. The molecule has 0 aliphatic carbocycles. The van der Waals surface area contributed by atoms with Crippen molar-refractivity contribution in [1.82, 2.24) is 0 Å². The third-order valence-corrected chi connectivity index (χ3v) is 4.82. The van der Waals surface area contributed by atoms with Crippen LogP contribution in [0.1, 0.15) is 33.1 Å². The molecule has 4 rings (SSSR count). The normalized spacial score (nSPS) is 10.9. The Labute approximate surface area is 167 Å². The summed E-state index contributed by atoms with van der Waals surface area (Å²) in [5, 5.41) is 0. The molecule has 0 saturated heterocycles. The Balaban J connectivity index is 1.72. The molecule has 2 nitrogen and oxygen atoms in total. The van der Waals surface area contributed by atoms with Gasteiger partial charge < -0.3 is 0 Å². The first kappa shape index (κ1) is 18.7. The van der Waals surface area contributed by atoms with Crippen molar-refractivity contribution in [3.63, 3.8) is 0 Å². The summed E-state index contributed by atoms with van der Waals surface area (Å²) in [4.78, 5) is 12.6. The SMILES string of the molecule is O=C(c1ccccc1)c1cc[n+](C(c2ccc(F)cc2)c2ccc(F)cc2)cc1. The molecule has 1 heterocycles. The summed E-state index contributed by atoms with van der Waals surface area (Å²) in [5.41, 5.74) is 2.90. The smallest absolute Gasteiger partial charge is 0.208 e. The third-order valence-electron chi connectivity index (χ3n) is 4.82. The van der Waals surface area contributed by atoms with E-state index in [0.29, 0.717) is 11.1 Å². The van der Waals surface area contributed by atoms with Crippen LogP contribution in [0.3, 0.4) is 0 Å². The predicted octanol–water partition coefficient (Wildman–Crippen LogP) is 5.12. The van der Waals surface area contributed by atoms with Gasteiger partial charge in [0.2, 0.25) is 6.04 Å². The van der Waals surface area contributed by atoms with Gasteiger partial charge in [0.05, 0.1) is 0 Å². The summed E-state index contributed by atoms with van der Waals surface area (Å²) in [6.45, 7) is 0. The summed E-state index contributed by atoms with van der Waals surface area (Å²) in [6, 6.07) is 24.8. The predicted molar refractivity (Wildman–Crippen MR) is 107 cm³/mol. The van der Waals surface area contributed by atoms with Gasteiger partial charge in [-0.3, -0.25) is 4.79 Å². The zero-order valence-electron chi connectivity index (χ0n) is 15.5. The number of carbonyl (C=O) groups excluding carboxylic acids is 1. The van der Waals surface area contributed by atoms with Gasteiger partial charge in [-0.1, -0.05) is 30.3 Å². The van der Waals surface area contributed by atoms with Crippen LogP contribution in [0.4, 0.5) is 8.78 Å². The van der Waals surface area contributed by atoms with Crippen molar-refractivity contribution in [2.45, 2.75) is 6.04 Å². The van der Waals surface area contributed by atoms with Crippen LogP contribution in [0.2, 0.25) is 0 Å². The van der Waals surface area contributed by atoms with E-state index in [0.717, 1.165) is 11.1 Å². The van der Waals surface area contributed by atoms with Crippen LogP contribution in [-0.4, -0.2) is 5.78 Å². The van der Waals surface area contributed by atoms with Crippen molar-refractivity contribution < 1.29 is 18.1 Å². The molecule has 0 atom stereocenters. The molecule has 1 aromatic heterocycles. The average molecular weight is 386 g/mol. The number of hydrogen-bond acceptors (Lipinski definition) is 1. The van der Waals surface area contributed by atoms with Crippen molar-refractivity contribution >= 4 is 5.78 Å². The van der Waals surface area contributed by atoms with E-state index >= 15 is 0 Å². The minimum Gasteiger partial charge on any atom is -0.289 e. The van der Waals surface area contributed by atoms with Crippen LogP contribution in [0, 0.1) is 11.6 Å². The molecule has 3 aromatic carbocycles. The second kappa shape index (κ2) is 8.15. The molecule has 0 unspecified atom stereocenters. The first-order valence-corrected chi connectivity index (χ1v) is 9.23. The van der Waals surface area contributed by atoms with E-state index in [4.69, 9.17) is 0 Å². The van der Waals surface area contributed by atoms with Crippen molar-refractivity contribution in [2.75, 3.05) is 0 Å². The van der Waals surface area contributed by atoms with E-state index < -0.39 is 0 Å². The maximum absolute atomic E-state index is 13.4. The maximum atomic E-state index is 13.4. The summed E-state index contributed by atoms with van der Waals surface area (Å²) in [5.74, 6) is -0.696. The first-order chi connectivity index (χ1) is 14.1. The zero-order chi connectivity index (χ0) is 20.2. The molecule has 0 radical (unpaired) electrons. The lowest BCUT2D eigenvalue weighted by atomic mass is 9.97. The summed E-state index contributed by atoms with van der Waals surface area (Å²) < 4.78 is 28.8. The van der Waals surface area contributed by atoms with Gasteiger partial charge in [-0.25, -0.2) is 8.78 Å². The van der Waals surface area contributed by atoms with Gasteiger partial charge in [-0.15, -0.1) is 0 Å². The van der Waals surface area contributed by atoms with Crippen molar-refractivity contribution in [1.29, 1.82) is 0 Å². The fraction of sp³-hybridized carbons (Fsp3) is 0.0400. The van der Waals surface area contributed by atoms with Gasteiger partial charge in [0.15, 0.2) is 18.2 Å². The summed E-state index contributed by atoms with van der Waals surface area (Å²) in [6.07, 6.45) is 3.63. The van der Waals surface area contributed by atoms with Gasteiger partial charge in [-0.2, -0.15) is 4.57 Å². The van der Waals surface area contributed by atoms with Gasteiger partial charge in [0.1, 0.15) is 11.6 Å². The van der Waals surface area contributed by atoms with Crippen molar-refractivity contribution in [3.8, 4) is 0 Å².